The smallest absolute Gasteiger partial charge is 0.412 e. The molecule has 0 saturated carbocycles. The number of nitrogens with zero attached hydrogens (tertiary/aromatic N) is 2. The van der Waals surface area contributed by atoms with Gasteiger partial charge in [-0.1, -0.05) is 23.2 Å². The Balaban J connectivity index is 2.76. The lowest BCUT2D eigenvalue weighted by Crippen LogP contribution is -2.14. The molecule has 7 heteroatoms. The largest absolute Gasteiger partial charge is 0.450 e. The lowest BCUT2D eigenvalue weighted by Gasteiger charge is -2.05. The Morgan fingerprint density at radius 2 is 2.29 bits per heavy atom. The number of rotatable bonds is 2. The lowest BCUT2D eigenvalue weighted by molar-refractivity contribution is 0.168. The summed E-state index contributed by atoms with van der Waals surface area (Å²) in [7, 11) is 0. The quantitative estimate of drug-likeness (QED) is 0.800. The fraction of sp³-hybridized carbons (Fsp3) is 0.286. The Labute approximate surface area is 90.4 Å². The highest BCUT2D eigenvalue weighted by Gasteiger charge is 2.10. The third-order valence-electron chi connectivity index (χ3n) is 1.24. The van der Waals surface area contributed by atoms with Gasteiger partial charge in [-0.3, -0.25) is 5.32 Å². The van der Waals surface area contributed by atoms with Crippen molar-refractivity contribution in [1.29, 1.82) is 0 Å². The van der Waals surface area contributed by atoms with Crippen molar-refractivity contribution < 1.29 is 9.53 Å². The van der Waals surface area contributed by atoms with E-state index in [1.165, 1.54) is 6.33 Å². The van der Waals surface area contributed by atoms with Crippen LogP contribution in [-0.2, 0) is 4.74 Å². The van der Waals surface area contributed by atoms with Gasteiger partial charge >= 0.3 is 6.09 Å². The molecular formula is C7H7Cl2N3O2. The first-order chi connectivity index (χ1) is 6.65. The van der Waals surface area contributed by atoms with Gasteiger partial charge in [-0.25, -0.2) is 14.8 Å². The minimum Gasteiger partial charge on any atom is -0.450 e. The Morgan fingerprint density at radius 1 is 1.57 bits per heavy atom. The number of carbonyl (C=O) groups excluding carboxylic acids is 1. The van der Waals surface area contributed by atoms with Gasteiger partial charge in [0.1, 0.15) is 11.3 Å². The monoisotopic (exact) mass is 235 g/mol. The summed E-state index contributed by atoms with van der Waals surface area (Å²) in [5, 5.41) is 2.49. The topological polar surface area (TPSA) is 64.1 Å². The van der Waals surface area contributed by atoms with E-state index in [1.54, 1.807) is 6.92 Å². The van der Waals surface area contributed by atoms with Crippen molar-refractivity contribution in [3.05, 3.63) is 16.5 Å². The molecule has 0 aliphatic carbocycles. The molecule has 1 aromatic rings. The second-order valence-electron chi connectivity index (χ2n) is 2.17. The summed E-state index contributed by atoms with van der Waals surface area (Å²) in [4.78, 5) is 18.3. The van der Waals surface area contributed by atoms with Crippen LogP contribution in [0.5, 0.6) is 0 Å². The van der Waals surface area contributed by atoms with Crippen LogP contribution in [0.1, 0.15) is 6.92 Å². The SMILES string of the molecule is CCOC(=O)Nc1ncnc(Cl)c1Cl. The molecule has 14 heavy (non-hydrogen) atoms. The van der Waals surface area contributed by atoms with E-state index in [-0.39, 0.29) is 22.6 Å². The highest BCUT2D eigenvalue weighted by Crippen LogP contribution is 2.25. The van der Waals surface area contributed by atoms with Crippen molar-refractivity contribution in [2.24, 2.45) is 0 Å². The molecule has 0 fully saturated rings. The molecule has 1 aromatic heterocycles. The van der Waals surface area contributed by atoms with E-state index in [4.69, 9.17) is 23.2 Å². The minimum atomic E-state index is -0.635. The van der Waals surface area contributed by atoms with Crippen LogP contribution in [0.3, 0.4) is 0 Å². The van der Waals surface area contributed by atoms with Crippen molar-refractivity contribution in [3.8, 4) is 0 Å². The molecular weight excluding hydrogens is 229 g/mol. The number of hydrogen-bond donors (Lipinski definition) is 1. The Morgan fingerprint density at radius 3 is 2.93 bits per heavy atom. The van der Waals surface area contributed by atoms with Gasteiger partial charge in [0.25, 0.3) is 0 Å². The van der Waals surface area contributed by atoms with Crippen LogP contribution in [0.25, 0.3) is 0 Å². The number of anilines is 1. The number of halogens is 2. The second kappa shape index (κ2) is 4.97. The molecule has 0 aliphatic heterocycles. The lowest BCUT2D eigenvalue weighted by atomic mass is 10.6. The van der Waals surface area contributed by atoms with Gasteiger partial charge in [-0.05, 0) is 6.92 Å². The molecule has 0 radical (unpaired) electrons. The summed E-state index contributed by atoms with van der Waals surface area (Å²) in [6.07, 6.45) is 0.555. The molecule has 5 nitrogen and oxygen atoms in total. The molecule has 0 bridgehead atoms. The van der Waals surface area contributed by atoms with Gasteiger partial charge in [0.15, 0.2) is 11.0 Å². The van der Waals surface area contributed by atoms with Crippen LogP contribution in [0.15, 0.2) is 6.33 Å². The molecule has 0 unspecified atom stereocenters. The van der Waals surface area contributed by atoms with E-state index in [9.17, 15) is 4.79 Å². The number of carbonyl (C=O) groups is 1. The molecule has 0 atom stereocenters. The van der Waals surface area contributed by atoms with Crippen molar-refractivity contribution >= 4 is 35.1 Å². The summed E-state index contributed by atoms with van der Waals surface area (Å²) in [5.74, 6) is 0.130. The van der Waals surface area contributed by atoms with E-state index >= 15 is 0 Å². The van der Waals surface area contributed by atoms with Crippen molar-refractivity contribution in [1.82, 2.24) is 9.97 Å². The molecule has 1 N–H and O–H groups in total. The molecule has 0 aliphatic rings. The maximum absolute atomic E-state index is 11.0. The zero-order valence-electron chi connectivity index (χ0n) is 7.25. The van der Waals surface area contributed by atoms with Crippen LogP contribution in [0, 0.1) is 0 Å². The summed E-state index contributed by atoms with van der Waals surface area (Å²) in [6, 6.07) is 0. The summed E-state index contributed by atoms with van der Waals surface area (Å²) < 4.78 is 4.63. The fourth-order valence-corrected chi connectivity index (χ4v) is 0.977. The molecule has 1 amide bonds. The van der Waals surface area contributed by atoms with E-state index in [2.05, 4.69) is 20.0 Å². The van der Waals surface area contributed by atoms with Gasteiger partial charge < -0.3 is 4.74 Å². The van der Waals surface area contributed by atoms with Crippen LogP contribution in [0.4, 0.5) is 10.6 Å². The highest BCUT2D eigenvalue weighted by atomic mass is 35.5. The van der Waals surface area contributed by atoms with Gasteiger partial charge in [-0.2, -0.15) is 0 Å². The number of hydrogen-bond acceptors (Lipinski definition) is 4. The predicted octanol–water partition coefficient (Wildman–Crippen LogP) is 2.35. The number of nitrogens with one attached hydrogen (secondary N) is 1. The molecule has 0 aromatic carbocycles. The molecule has 0 saturated heterocycles. The maximum atomic E-state index is 11.0. The third kappa shape index (κ3) is 2.71. The first-order valence-corrected chi connectivity index (χ1v) is 4.50. The molecule has 1 rings (SSSR count). The minimum absolute atomic E-state index is 0.0773. The summed E-state index contributed by atoms with van der Waals surface area (Å²) in [6.45, 7) is 1.95. The Hall–Kier alpha value is -1.07. The maximum Gasteiger partial charge on any atom is 0.412 e. The predicted molar refractivity (Wildman–Crippen MR) is 52.7 cm³/mol. The molecule has 76 valence electrons. The molecule has 1 heterocycles. The van der Waals surface area contributed by atoms with Gasteiger partial charge in [0.05, 0.1) is 6.61 Å². The second-order valence-corrected chi connectivity index (χ2v) is 2.91. The normalized spacial score (nSPS) is 9.64. The third-order valence-corrected chi connectivity index (χ3v) is 1.98. The summed E-state index contributed by atoms with van der Waals surface area (Å²) in [5.41, 5.74) is 0. The number of aromatic nitrogens is 2. The summed E-state index contributed by atoms with van der Waals surface area (Å²) >= 11 is 11.3. The Bertz CT molecular complexity index is 346. The van der Waals surface area contributed by atoms with Gasteiger partial charge in [0, 0.05) is 0 Å². The number of amides is 1. The van der Waals surface area contributed by atoms with Crippen LogP contribution >= 0.6 is 23.2 Å². The standard InChI is InChI=1S/C7H7Cl2N3O2/c1-2-14-7(13)12-6-4(8)5(9)10-3-11-6/h3H,2H2,1H3,(H,10,11,12,13). The van der Waals surface area contributed by atoms with Crippen molar-refractivity contribution in [2.75, 3.05) is 11.9 Å². The van der Waals surface area contributed by atoms with E-state index in [0.29, 0.717) is 0 Å². The Kier molecular flexibility index (Phi) is 3.91. The first-order valence-electron chi connectivity index (χ1n) is 3.75. The van der Waals surface area contributed by atoms with Crippen LogP contribution in [-0.4, -0.2) is 22.7 Å². The van der Waals surface area contributed by atoms with Crippen LogP contribution in [0.2, 0.25) is 10.2 Å². The van der Waals surface area contributed by atoms with E-state index < -0.39 is 6.09 Å². The average Bonchev–Trinajstić information content (AvgIpc) is 2.13. The zero-order valence-corrected chi connectivity index (χ0v) is 8.76. The fourth-order valence-electron chi connectivity index (χ4n) is 0.699. The number of ether oxygens (including phenoxy) is 1. The van der Waals surface area contributed by atoms with Crippen molar-refractivity contribution in [3.63, 3.8) is 0 Å². The van der Waals surface area contributed by atoms with Gasteiger partial charge in [-0.15, -0.1) is 0 Å². The first kappa shape index (κ1) is 11.0. The van der Waals surface area contributed by atoms with E-state index in [1.807, 2.05) is 0 Å². The van der Waals surface area contributed by atoms with Crippen LogP contribution < -0.4 is 5.32 Å². The van der Waals surface area contributed by atoms with Crippen molar-refractivity contribution in [2.45, 2.75) is 6.92 Å². The highest BCUT2D eigenvalue weighted by molar-refractivity contribution is 6.42. The average molecular weight is 236 g/mol. The molecule has 0 spiro atoms. The van der Waals surface area contributed by atoms with Gasteiger partial charge in [0.2, 0.25) is 0 Å². The van der Waals surface area contributed by atoms with E-state index in [0.717, 1.165) is 0 Å². The zero-order chi connectivity index (χ0) is 10.6.